The third-order valence-corrected chi connectivity index (χ3v) is 6.04. The second-order valence-corrected chi connectivity index (χ2v) is 9.04. The van der Waals surface area contributed by atoms with E-state index in [9.17, 15) is 29.5 Å². The Bertz CT molecular complexity index is 1490. The zero-order valence-electron chi connectivity index (χ0n) is 22.6. The van der Waals surface area contributed by atoms with Crippen LogP contribution in [0.1, 0.15) is 36.0 Å². The lowest BCUT2D eigenvalue weighted by atomic mass is 10.1. The van der Waals surface area contributed by atoms with Crippen molar-refractivity contribution in [2.45, 2.75) is 31.7 Å². The predicted molar refractivity (Wildman–Crippen MR) is 147 cm³/mol. The number of phenols is 1. The molecular formula is C26H31N7O9. The van der Waals surface area contributed by atoms with Gasteiger partial charge in [0.2, 0.25) is 23.2 Å². The number of primary amides is 1. The zero-order valence-corrected chi connectivity index (χ0v) is 22.6. The number of nitrogens with two attached hydrogens (primary N) is 1. The summed E-state index contributed by atoms with van der Waals surface area (Å²) in [4.78, 5) is 50.7. The number of nitrogens with one attached hydrogen (secondary N) is 2. The van der Waals surface area contributed by atoms with Crippen molar-refractivity contribution in [2.75, 3.05) is 39.5 Å². The molecule has 0 unspecified atom stereocenters. The Morgan fingerprint density at radius 3 is 2.64 bits per heavy atom. The molecule has 42 heavy (non-hydrogen) atoms. The molecule has 1 aliphatic heterocycles. The van der Waals surface area contributed by atoms with E-state index in [0.717, 1.165) is 6.07 Å². The molecule has 1 atom stereocenters. The number of phenolic OH excluding ortho intramolecular Hbond substituents is 1. The van der Waals surface area contributed by atoms with Gasteiger partial charge in [-0.25, -0.2) is 0 Å². The molecule has 2 aliphatic rings. The van der Waals surface area contributed by atoms with E-state index in [-0.39, 0.29) is 72.9 Å². The van der Waals surface area contributed by atoms with Crippen LogP contribution in [0.25, 0.3) is 33.0 Å². The summed E-state index contributed by atoms with van der Waals surface area (Å²) in [6.45, 7) is 0.877. The first kappa shape index (κ1) is 31.6. The minimum atomic E-state index is -0.822. The number of carbonyl (C=O) groups is 3. The average Bonchev–Trinajstić information content (AvgIpc) is 2.95. The molecule has 1 aromatic carbocycles. The van der Waals surface area contributed by atoms with E-state index in [4.69, 9.17) is 25.2 Å². The minimum Gasteiger partial charge on any atom is -0.618 e. The number of aromatic hydroxyl groups is 1. The monoisotopic (exact) mass is 585 g/mol. The van der Waals surface area contributed by atoms with Crippen LogP contribution in [0.15, 0.2) is 44.7 Å². The van der Waals surface area contributed by atoms with Crippen molar-refractivity contribution in [3.63, 3.8) is 0 Å². The van der Waals surface area contributed by atoms with Gasteiger partial charge in [-0.1, -0.05) is 11.5 Å². The Balaban J connectivity index is 1.37. The van der Waals surface area contributed by atoms with Crippen LogP contribution >= 0.6 is 0 Å². The molecule has 5 N–H and O–H groups in total. The largest absolute Gasteiger partial charge is 0.618 e. The first-order valence-electron chi connectivity index (χ1n) is 13.1. The smallest absolute Gasteiger partial charge is 0.261 e. The second kappa shape index (κ2) is 15.8. The molecule has 16 nitrogen and oxygen atoms in total. The number of unbranched alkanes of at least 4 members (excludes halogenated alkanes) is 1. The quantitative estimate of drug-likeness (QED) is 0.0333. The van der Waals surface area contributed by atoms with Gasteiger partial charge < -0.3 is 40.6 Å². The van der Waals surface area contributed by atoms with Gasteiger partial charge in [0.15, 0.2) is 5.43 Å². The summed E-state index contributed by atoms with van der Waals surface area (Å²) in [5.74, 6) is -2.21. The Kier molecular flexibility index (Phi) is 11.9. The summed E-state index contributed by atoms with van der Waals surface area (Å²) in [6.07, 6.45) is 1.47. The highest BCUT2D eigenvalue weighted by Crippen LogP contribution is 2.29. The van der Waals surface area contributed by atoms with Gasteiger partial charge in [-0.3, -0.25) is 19.2 Å². The molecule has 0 bridgehead atoms. The Hall–Kier alpha value is -4.92. The molecule has 0 fully saturated rings. The Morgan fingerprint density at radius 2 is 1.90 bits per heavy atom. The first-order chi connectivity index (χ1) is 20.2. The number of rotatable bonds is 17. The highest BCUT2D eigenvalue weighted by molar-refractivity contribution is 6.06. The van der Waals surface area contributed by atoms with Crippen LogP contribution in [0.2, 0.25) is 0 Å². The normalized spacial score (nSPS) is 11.6. The lowest BCUT2D eigenvalue weighted by Gasteiger charge is -2.15. The van der Waals surface area contributed by atoms with Gasteiger partial charge in [-0.2, -0.15) is 4.73 Å². The summed E-state index contributed by atoms with van der Waals surface area (Å²) < 4.78 is 16.9. The standard InChI is InChI=1S/C26H31N7O9/c27-25(37)17(3-1-2-9-30-32-28)31-22(36)8-11-40-13-14-41-12-10-29-26(38)23-20(35)7-6-19-24(23)42-21-15-16(34)4-5-18(21)33(19)39/h4-7,15,17,35H,1-3,8-14H2,(H2,27,37)(H,29,38)(H,31,36)/t17-/m0/s1. The van der Waals surface area contributed by atoms with Crippen LogP contribution in [0.4, 0.5) is 0 Å². The maximum absolute atomic E-state index is 12.8. The van der Waals surface area contributed by atoms with Crippen LogP contribution in [0.3, 0.4) is 0 Å². The fraction of sp³-hybridized carbons (Fsp3) is 0.423. The number of hydrogen-bond donors (Lipinski definition) is 4. The number of ether oxygens (including phenoxy) is 2. The lowest BCUT2D eigenvalue weighted by molar-refractivity contribution is -0.566. The Morgan fingerprint density at radius 1 is 1.14 bits per heavy atom. The van der Waals surface area contributed by atoms with Crippen LogP contribution < -0.4 is 26.5 Å². The minimum absolute atomic E-state index is 0.00134. The summed E-state index contributed by atoms with van der Waals surface area (Å²) in [5.41, 5.74) is 12.9. The molecule has 16 heteroatoms. The molecule has 1 aromatic rings. The molecule has 0 radical (unpaired) electrons. The molecule has 1 heterocycles. The van der Waals surface area contributed by atoms with E-state index in [1.165, 1.54) is 24.3 Å². The number of aromatic nitrogens is 1. The summed E-state index contributed by atoms with van der Waals surface area (Å²) in [6, 6.07) is 5.34. The fourth-order valence-corrected chi connectivity index (χ4v) is 3.97. The van der Waals surface area contributed by atoms with Crippen LogP contribution in [-0.2, 0) is 19.1 Å². The van der Waals surface area contributed by atoms with E-state index in [0.29, 0.717) is 30.5 Å². The van der Waals surface area contributed by atoms with Crippen molar-refractivity contribution in [1.29, 1.82) is 0 Å². The van der Waals surface area contributed by atoms with Gasteiger partial charge in [0, 0.05) is 42.6 Å². The summed E-state index contributed by atoms with van der Waals surface area (Å²) in [5, 5.41) is 31.5. The molecule has 3 rings (SSSR count). The maximum Gasteiger partial charge on any atom is 0.261 e. The van der Waals surface area contributed by atoms with Crippen LogP contribution in [0.5, 0.6) is 5.75 Å². The topological polar surface area (TPSA) is 246 Å². The molecule has 0 saturated heterocycles. The highest BCUT2D eigenvalue weighted by Gasteiger charge is 2.26. The lowest BCUT2D eigenvalue weighted by Crippen LogP contribution is -2.44. The number of carbonyl (C=O) groups excluding carboxylic acids is 3. The fourth-order valence-electron chi connectivity index (χ4n) is 3.97. The molecule has 1 aliphatic carbocycles. The Labute approximate surface area is 238 Å². The van der Waals surface area contributed by atoms with E-state index < -0.39 is 29.5 Å². The van der Waals surface area contributed by atoms with E-state index in [1.807, 2.05) is 0 Å². The predicted octanol–water partition coefficient (Wildman–Crippen LogP) is 0.841. The number of hydrogen-bond acceptors (Lipinski definition) is 10. The van der Waals surface area contributed by atoms with Gasteiger partial charge in [-0.15, -0.1) is 0 Å². The molecule has 0 saturated carbocycles. The third-order valence-electron chi connectivity index (χ3n) is 6.04. The highest BCUT2D eigenvalue weighted by atomic mass is 16.5. The van der Waals surface area contributed by atoms with E-state index >= 15 is 0 Å². The van der Waals surface area contributed by atoms with Gasteiger partial charge in [0.05, 0.1) is 26.4 Å². The van der Waals surface area contributed by atoms with E-state index in [2.05, 4.69) is 20.7 Å². The number of fused-ring (bicyclic) bond motifs is 2. The molecular weight excluding hydrogens is 554 g/mol. The van der Waals surface area contributed by atoms with Crippen molar-refractivity contribution in [1.82, 2.24) is 10.6 Å². The average molecular weight is 586 g/mol. The molecule has 0 aromatic heterocycles. The van der Waals surface area contributed by atoms with Gasteiger partial charge >= 0.3 is 0 Å². The van der Waals surface area contributed by atoms with Crippen molar-refractivity contribution < 1.29 is 38.1 Å². The number of amides is 3. The number of benzene rings is 2. The number of azide groups is 1. The summed E-state index contributed by atoms with van der Waals surface area (Å²) in [7, 11) is 0. The van der Waals surface area contributed by atoms with Crippen molar-refractivity contribution in [3.05, 3.63) is 61.8 Å². The first-order valence-corrected chi connectivity index (χ1v) is 13.1. The molecule has 0 spiro atoms. The van der Waals surface area contributed by atoms with Crippen molar-refractivity contribution in [3.8, 4) is 17.2 Å². The van der Waals surface area contributed by atoms with E-state index in [1.54, 1.807) is 0 Å². The van der Waals surface area contributed by atoms with Crippen LogP contribution in [0, 0.1) is 5.21 Å². The molecule has 224 valence electrons. The molecule has 3 amide bonds. The van der Waals surface area contributed by atoms with Crippen molar-refractivity contribution in [2.24, 2.45) is 10.8 Å². The van der Waals surface area contributed by atoms with Crippen molar-refractivity contribution >= 4 is 28.8 Å². The summed E-state index contributed by atoms with van der Waals surface area (Å²) >= 11 is 0. The number of nitrogens with zero attached hydrogens (tertiary/aromatic N) is 4. The van der Waals surface area contributed by atoms with Gasteiger partial charge in [-0.05, 0) is 30.5 Å². The maximum atomic E-state index is 12.8. The zero-order chi connectivity index (χ0) is 30.5. The third kappa shape index (κ3) is 8.79. The van der Waals surface area contributed by atoms with Gasteiger partial charge in [0.1, 0.15) is 17.4 Å². The second-order valence-electron chi connectivity index (χ2n) is 9.04. The van der Waals surface area contributed by atoms with Crippen LogP contribution in [-0.4, -0.2) is 68.4 Å². The SMILES string of the molecule is [N-]=[N+]=NCCCC[C@H](NC(=O)CCOCCOCCNC(=O)c1c(O)ccc2c1oc1cc(=O)ccc-1[n+]2[O-])C(N)=O. The van der Waals surface area contributed by atoms with Gasteiger partial charge in [0.25, 0.3) is 17.1 Å².